The van der Waals surface area contributed by atoms with E-state index in [1.807, 2.05) is 48.5 Å². The van der Waals surface area contributed by atoms with E-state index in [-0.39, 0.29) is 23.9 Å². The van der Waals surface area contributed by atoms with E-state index < -0.39 is 0 Å². The van der Waals surface area contributed by atoms with Crippen LogP contribution in [0.5, 0.6) is 0 Å². The zero-order chi connectivity index (χ0) is 12.0. The molecule has 0 aliphatic carbocycles. The molecule has 0 amide bonds. The SMILES string of the molecule is [S-]c1ccccc1[S-].[S-]c1ccccc1[S-].[Sn+4]. The first-order valence-corrected chi connectivity index (χ1v) is 6.10. The van der Waals surface area contributed by atoms with Crippen LogP contribution in [0.25, 0.3) is 0 Å². The molecule has 2 aromatic carbocycles. The molecule has 0 atom stereocenters. The van der Waals surface area contributed by atoms with Gasteiger partial charge in [0.2, 0.25) is 0 Å². The Balaban J connectivity index is 0.000000284. The minimum Gasteiger partial charge on any atom is -0.781 e. The van der Waals surface area contributed by atoms with Gasteiger partial charge in [0.05, 0.1) is 0 Å². The summed E-state index contributed by atoms with van der Waals surface area (Å²) < 4.78 is 0. The Morgan fingerprint density at radius 1 is 0.471 bits per heavy atom. The summed E-state index contributed by atoms with van der Waals surface area (Å²) >= 11 is 19.4. The van der Waals surface area contributed by atoms with Crippen molar-refractivity contribution >= 4 is 74.4 Å². The van der Waals surface area contributed by atoms with Crippen LogP contribution in [-0.4, -0.2) is 23.9 Å². The number of rotatable bonds is 0. The molecule has 17 heavy (non-hydrogen) atoms. The summed E-state index contributed by atoms with van der Waals surface area (Å²) in [7, 11) is 0. The van der Waals surface area contributed by atoms with Gasteiger partial charge in [-0.25, -0.2) is 0 Å². The molecule has 0 bridgehead atoms. The van der Waals surface area contributed by atoms with E-state index >= 15 is 0 Å². The molecule has 0 unspecified atom stereocenters. The van der Waals surface area contributed by atoms with Crippen LogP contribution in [0.1, 0.15) is 0 Å². The van der Waals surface area contributed by atoms with Gasteiger partial charge in [0, 0.05) is 0 Å². The monoisotopic (exact) mass is 400 g/mol. The van der Waals surface area contributed by atoms with Crippen LogP contribution in [0.2, 0.25) is 0 Å². The summed E-state index contributed by atoms with van der Waals surface area (Å²) in [5, 5.41) is 0. The molecular weight excluding hydrogens is 391 g/mol. The molecule has 0 N–H and O–H groups in total. The Kier molecular flexibility index (Phi) is 9.17. The van der Waals surface area contributed by atoms with Gasteiger partial charge in [-0.05, 0) is 0 Å². The molecule has 0 nitrogen and oxygen atoms in total. The second-order valence-corrected chi connectivity index (χ2v) is 4.65. The second kappa shape index (κ2) is 9.10. The van der Waals surface area contributed by atoms with Crippen LogP contribution in [-0.2, 0) is 50.5 Å². The van der Waals surface area contributed by atoms with Gasteiger partial charge in [-0.1, -0.05) is 48.5 Å². The Morgan fingerprint density at radius 2 is 0.647 bits per heavy atom. The smallest absolute Gasteiger partial charge is 0.781 e. The van der Waals surface area contributed by atoms with E-state index in [1.165, 1.54) is 0 Å². The van der Waals surface area contributed by atoms with Gasteiger partial charge in [0.1, 0.15) is 0 Å². The molecule has 0 saturated heterocycles. The molecule has 0 aliphatic rings. The second-order valence-electron chi connectivity index (χ2n) is 2.89. The minimum atomic E-state index is 0. The Morgan fingerprint density at radius 3 is 0.765 bits per heavy atom. The van der Waals surface area contributed by atoms with Crippen LogP contribution in [0.4, 0.5) is 0 Å². The fourth-order valence-corrected chi connectivity index (χ4v) is 1.49. The van der Waals surface area contributed by atoms with Crippen molar-refractivity contribution in [1.29, 1.82) is 0 Å². The third kappa shape index (κ3) is 6.57. The van der Waals surface area contributed by atoms with E-state index in [0.29, 0.717) is 0 Å². The van der Waals surface area contributed by atoms with Crippen LogP contribution in [0.15, 0.2) is 68.1 Å². The molecule has 2 aromatic rings. The summed E-state index contributed by atoms with van der Waals surface area (Å²) in [4.78, 5) is 3.06. The van der Waals surface area contributed by atoms with Crippen molar-refractivity contribution in [3.63, 3.8) is 0 Å². The van der Waals surface area contributed by atoms with Gasteiger partial charge in [0.15, 0.2) is 0 Å². The van der Waals surface area contributed by atoms with Crippen molar-refractivity contribution in [2.75, 3.05) is 0 Å². The first kappa shape index (κ1) is 17.1. The zero-order valence-electron chi connectivity index (χ0n) is 8.75. The summed E-state index contributed by atoms with van der Waals surface area (Å²) in [5.74, 6) is 0. The fourth-order valence-electron chi connectivity index (χ4n) is 0.900. The number of hydrogen-bond acceptors (Lipinski definition) is 4. The van der Waals surface area contributed by atoms with E-state index in [1.54, 1.807) is 0 Å². The van der Waals surface area contributed by atoms with Crippen molar-refractivity contribution in [2.24, 2.45) is 0 Å². The Hall–Kier alpha value is 0.119. The van der Waals surface area contributed by atoms with Crippen molar-refractivity contribution < 1.29 is 0 Å². The molecular formula is C12H8S4Sn. The molecule has 0 aromatic heterocycles. The summed E-state index contributed by atoms with van der Waals surface area (Å²) in [6.07, 6.45) is 0. The average molecular weight is 399 g/mol. The average Bonchev–Trinajstić information content (AvgIpc) is 2.28. The predicted molar refractivity (Wildman–Crippen MR) is 81.2 cm³/mol. The van der Waals surface area contributed by atoms with E-state index in [4.69, 9.17) is 50.5 Å². The first-order chi connectivity index (χ1) is 7.61. The standard InChI is InChI=1S/2C6H6S2.Sn/c2*7-5-3-1-2-4-6(5)8;/h2*1-4,7-8H;/q;;+4/p-4. The summed E-state index contributed by atoms with van der Waals surface area (Å²) in [5.41, 5.74) is 0. The molecule has 84 valence electrons. The maximum absolute atomic E-state index is 4.85. The van der Waals surface area contributed by atoms with Gasteiger partial charge in [-0.2, -0.15) is 19.6 Å². The van der Waals surface area contributed by atoms with Crippen molar-refractivity contribution in [3.8, 4) is 0 Å². The fraction of sp³-hybridized carbons (Fsp3) is 0. The van der Waals surface area contributed by atoms with Gasteiger partial charge in [-0.15, -0.1) is 0 Å². The van der Waals surface area contributed by atoms with Crippen LogP contribution in [0.3, 0.4) is 0 Å². The molecule has 0 spiro atoms. The van der Waals surface area contributed by atoms with Crippen LogP contribution >= 0.6 is 0 Å². The maximum atomic E-state index is 4.85. The van der Waals surface area contributed by atoms with Crippen LogP contribution in [0, 0.1) is 0 Å². The maximum Gasteiger partial charge on any atom is 4.00 e. The van der Waals surface area contributed by atoms with Crippen LogP contribution < -0.4 is 0 Å². The Labute approximate surface area is 141 Å². The van der Waals surface area contributed by atoms with Crippen molar-refractivity contribution in [1.82, 2.24) is 0 Å². The first-order valence-electron chi connectivity index (χ1n) is 4.47. The molecule has 0 saturated carbocycles. The minimum absolute atomic E-state index is 0. The third-order valence-corrected chi connectivity index (χ3v) is 3.38. The van der Waals surface area contributed by atoms with E-state index in [2.05, 4.69) is 0 Å². The van der Waals surface area contributed by atoms with Gasteiger partial charge >= 0.3 is 23.9 Å². The zero-order valence-corrected chi connectivity index (χ0v) is 14.9. The molecule has 5 heteroatoms. The van der Waals surface area contributed by atoms with Crippen molar-refractivity contribution in [2.45, 2.75) is 19.6 Å². The number of hydrogen-bond donors (Lipinski definition) is 0. The van der Waals surface area contributed by atoms with Crippen molar-refractivity contribution in [3.05, 3.63) is 48.5 Å². The predicted octanol–water partition coefficient (Wildman–Crippen LogP) is 2.62. The van der Waals surface area contributed by atoms with E-state index in [9.17, 15) is 0 Å². The normalized spacial score (nSPS) is 8.47. The molecule has 0 aliphatic heterocycles. The van der Waals surface area contributed by atoms with Gasteiger partial charge < -0.3 is 50.5 Å². The quantitative estimate of drug-likeness (QED) is 0.493. The summed E-state index contributed by atoms with van der Waals surface area (Å²) in [6, 6.07) is 14.9. The van der Waals surface area contributed by atoms with Gasteiger partial charge in [0.25, 0.3) is 0 Å². The molecule has 0 radical (unpaired) electrons. The largest absolute Gasteiger partial charge is 4.00 e. The molecule has 0 fully saturated rings. The summed E-state index contributed by atoms with van der Waals surface area (Å²) in [6.45, 7) is 0. The van der Waals surface area contributed by atoms with Gasteiger partial charge in [-0.3, -0.25) is 0 Å². The molecule has 0 heterocycles. The van der Waals surface area contributed by atoms with E-state index in [0.717, 1.165) is 19.6 Å². The topological polar surface area (TPSA) is 0 Å². The third-order valence-electron chi connectivity index (χ3n) is 1.70. The number of benzene rings is 2. The Bertz CT molecular complexity index is 374. The molecule has 2 rings (SSSR count).